The van der Waals surface area contributed by atoms with Crippen molar-refractivity contribution in [3.63, 3.8) is 0 Å². The molecular weight excluding hydrogens is 269 g/mol. The fraction of sp³-hybridized carbons (Fsp3) is 0.375. The van der Waals surface area contributed by atoms with Gasteiger partial charge in [0.15, 0.2) is 5.82 Å². The van der Waals surface area contributed by atoms with Crippen molar-refractivity contribution in [2.24, 2.45) is 5.92 Å². The minimum Gasteiger partial charge on any atom is -0.309 e. The maximum atomic E-state index is 12.8. The van der Waals surface area contributed by atoms with Gasteiger partial charge in [-0.25, -0.2) is 4.39 Å². The lowest BCUT2D eigenvalue weighted by Gasteiger charge is -2.10. The summed E-state index contributed by atoms with van der Waals surface area (Å²) in [5.41, 5.74) is 0.956. The van der Waals surface area contributed by atoms with E-state index >= 15 is 0 Å². The van der Waals surface area contributed by atoms with Gasteiger partial charge >= 0.3 is 0 Å². The van der Waals surface area contributed by atoms with E-state index in [0.717, 1.165) is 18.4 Å². The summed E-state index contributed by atoms with van der Waals surface area (Å²) in [5.74, 6) is 0.325. The van der Waals surface area contributed by atoms with Gasteiger partial charge in [-0.05, 0) is 30.5 Å². The normalized spacial score (nSPS) is 10.9. The average molecular weight is 289 g/mol. The topological polar surface area (TPSA) is 46.9 Å². The van der Waals surface area contributed by atoms with Crippen LogP contribution in [0.1, 0.15) is 32.3 Å². The molecule has 0 spiro atoms. The van der Waals surface area contributed by atoms with Gasteiger partial charge in [-0.2, -0.15) is 5.10 Å². The van der Waals surface area contributed by atoms with Crippen LogP contribution >= 0.6 is 0 Å². The second-order valence-corrected chi connectivity index (χ2v) is 5.03. The standard InChI is InChI=1S/C16H20FN3O/c1-3-13(4-2)16(21)18-15-9-10-20(19-15)11-12-5-7-14(17)8-6-12/h5-10,13H,3-4,11H2,1-2H3,(H,18,19,21). The Morgan fingerprint density at radius 2 is 1.90 bits per heavy atom. The van der Waals surface area contributed by atoms with Crippen LogP contribution in [0.25, 0.3) is 0 Å². The van der Waals surface area contributed by atoms with Crippen LogP contribution in [0.15, 0.2) is 36.5 Å². The summed E-state index contributed by atoms with van der Waals surface area (Å²) in [4.78, 5) is 12.0. The van der Waals surface area contributed by atoms with Gasteiger partial charge in [0.25, 0.3) is 0 Å². The van der Waals surface area contributed by atoms with E-state index in [4.69, 9.17) is 0 Å². The van der Waals surface area contributed by atoms with Crippen molar-refractivity contribution in [2.45, 2.75) is 33.2 Å². The molecule has 2 aromatic rings. The molecule has 0 aliphatic heterocycles. The van der Waals surface area contributed by atoms with E-state index in [9.17, 15) is 9.18 Å². The van der Waals surface area contributed by atoms with E-state index in [1.807, 2.05) is 13.8 Å². The first-order valence-corrected chi connectivity index (χ1v) is 7.21. The highest BCUT2D eigenvalue weighted by Crippen LogP contribution is 2.12. The van der Waals surface area contributed by atoms with Crippen molar-refractivity contribution in [3.05, 3.63) is 47.9 Å². The first-order chi connectivity index (χ1) is 10.1. The largest absolute Gasteiger partial charge is 0.309 e. The molecule has 1 heterocycles. The maximum Gasteiger partial charge on any atom is 0.228 e. The molecule has 0 saturated heterocycles. The molecule has 1 N–H and O–H groups in total. The molecule has 2 rings (SSSR count). The van der Waals surface area contributed by atoms with Gasteiger partial charge in [-0.1, -0.05) is 26.0 Å². The molecule has 5 heteroatoms. The number of anilines is 1. The molecular formula is C16H20FN3O. The van der Waals surface area contributed by atoms with Crippen LogP contribution in [0.5, 0.6) is 0 Å². The predicted molar refractivity (Wildman–Crippen MR) is 80.4 cm³/mol. The minimum absolute atomic E-state index is 0.00651. The van der Waals surface area contributed by atoms with Crippen LogP contribution < -0.4 is 5.32 Å². The Morgan fingerprint density at radius 3 is 2.52 bits per heavy atom. The highest BCUT2D eigenvalue weighted by molar-refractivity contribution is 5.91. The maximum absolute atomic E-state index is 12.8. The van der Waals surface area contributed by atoms with Crippen LogP contribution in [0.4, 0.5) is 10.2 Å². The Hall–Kier alpha value is -2.17. The summed E-state index contributed by atoms with van der Waals surface area (Å²) in [7, 11) is 0. The zero-order valence-corrected chi connectivity index (χ0v) is 12.3. The summed E-state index contributed by atoms with van der Waals surface area (Å²) >= 11 is 0. The van der Waals surface area contributed by atoms with E-state index in [1.165, 1.54) is 12.1 Å². The van der Waals surface area contributed by atoms with Crippen molar-refractivity contribution < 1.29 is 9.18 Å². The van der Waals surface area contributed by atoms with E-state index in [2.05, 4.69) is 10.4 Å². The Kier molecular flexibility index (Phi) is 5.09. The highest BCUT2D eigenvalue weighted by atomic mass is 19.1. The average Bonchev–Trinajstić information content (AvgIpc) is 2.90. The second kappa shape index (κ2) is 7.02. The Bertz CT molecular complexity index is 588. The number of hydrogen-bond acceptors (Lipinski definition) is 2. The third kappa shape index (κ3) is 4.15. The van der Waals surface area contributed by atoms with Gasteiger partial charge in [0.05, 0.1) is 6.54 Å². The number of benzene rings is 1. The van der Waals surface area contributed by atoms with E-state index in [-0.39, 0.29) is 17.6 Å². The molecule has 0 radical (unpaired) electrons. The van der Waals surface area contributed by atoms with Crippen LogP contribution in [-0.4, -0.2) is 15.7 Å². The van der Waals surface area contributed by atoms with Crippen molar-refractivity contribution in [2.75, 3.05) is 5.32 Å². The lowest BCUT2D eigenvalue weighted by molar-refractivity contribution is -0.120. The molecule has 1 aromatic heterocycles. The summed E-state index contributed by atoms with van der Waals surface area (Å²) in [6.07, 6.45) is 3.43. The number of nitrogens with zero attached hydrogens (tertiary/aromatic N) is 2. The Morgan fingerprint density at radius 1 is 1.24 bits per heavy atom. The molecule has 0 saturated carbocycles. The van der Waals surface area contributed by atoms with Gasteiger partial charge in [-0.3, -0.25) is 9.48 Å². The molecule has 1 aromatic carbocycles. The number of hydrogen-bond donors (Lipinski definition) is 1. The zero-order valence-electron chi connectivity index (χ0n) is 12.3. The van der Waals surface area contributed by atoms with Crippen LogP contribution in [0.3, 0.4) is 0 Å². The molecule has 112 valence electrons. The van der Waals surface area contributed by atoms with Gasteiger partial charge in [-0.15, -0.1) is 0 Å². The number of amides is 1. The first-order valence-electron chi connectivity index (χ1n) is 7.21. The third-order valence-corrected chi connectivity index (χ3v) is 3.51. The highest BCUT2D eigenvalue weighted by Gasteiger charge is 2.15. The van der Waals surface area contributed by atoms with Crippen molar-refractivity contribution in [1.29, 1.82) is 0 Å². The lowest BCUT2D eigenvalue weighted by Crippen LogP contribution is -2.22. The van der Waals surface area contributed by atoms with E-state index in [0.29, 0.717) is 12.4 Å². The molecule has 0 unspecified atom stereocenters. The summed E-state index contributed by atoms with van der Waals surface area (Å²) < 4.78 is 14.6. The fourth-order valence-corrected chi connectivity index (χ4v) is 2.18. The van der Waals surface area contributed by atoms with Crippen molar-refractivity contribution in [3.8, 4) is 0 Å². The number of carbonyl (C=O) groups is 1. The lowest BCUT2D eigenvalue weighted by atomic mass is 10.0. The third-order valence-electron chi connectivity index (χ3n) is 3.51. The SMILES string of the molecule is CCC(CC)C(=O)Nc1ccn(Cc2ccc(F)cc2)n1. The van der Waals surface area contributed by atoms with Crippen molar-refractivity contribution >= 4 is 11.7 Å². The monoisotopic (exact) mass is 289 g/mol. The molecule has 0 bridgehead atoms. The number of nitrogens with one attached hydrogen (secondary N) is 1. The molecule has 0 fully saturated rings. The molecule has 1 amide bonds. The second-order valence-electron chi connectivity index (χ2n) is 5.03. The number of halogens is 1. The smallest absolute Gasteiger partial charge is 0.228 e. The molecule has 0 aliphatic rings. The van der Waals surface area contributed by atoms with Gasteiger partial charge in [0.1, 0.15) is 5.82 Å². The fourth-order valence-electron chi connectivity index (χ4n) is 2.18. The summed E-state index contributed by atoms with van der Waals surface area (Å²) in [6.45, 7) is 4.54. The number of rotatable bonds is 6. The van der Waals surface area contributed by atoms with Crippen LogP contribution in [0, 0.1) is 11.7 Å². The van der Waals surface area contributed by atoms with Gasteiger partial charge in [0.2, 0.25) is 5.91 Å². The molecule has 21 heavy (non-hydrogen) atoms. The Balaban J connectivity index is 1.98. The first kappa shape index (κ1) is 15.2. The quantitative estimate of drug-likeness (QED) is 0.885. The molecule has 4 nitrogen and oxygen atoms in total. The van der Waals surface area contributed by atoms with Gasteiger partial charge < -0.3 is 5.32 Å². The zero-order chi connectivity index (χ0) is 15.2. The van der Waals surface area contributed by atoms with Gasteiger partial charge in [0, 0.05) is 18.2 Å². The van der Waals surface area contributed by atoms with E-state index < -0.39 is 0 Å². The van der Waals surface area contributed by atoms with Crippen LogP contribution in [-0.2, 0) is 11.3 Å². The predicted octanol–water partition coefficient (Wildman–Crippen LogP) is 3.45. The van der Waals surface area contributed by atoms with E-state index in [1.54, 1.807) is 29.1 Å². The number of aromatic nitrogens is 2. The number of carbonyl (C=O) groups excluding carboxylic acids is 1. The Labute approximate surface area is 124 Å². The summed E-state index contributed by atoms with van der Waals surface area (Å²) in [6, 6.07) is 8.06. The minimum atomic E-state index is -0.252. The molecule has 0 atom stereocenters. The van der Waals surface area contributed by atoms with Crippen LogP contribution in [0.2, 0.25) is 0 Å². The summed E-state index contributed by atoms with van der Waals surface area (Å²) in [5, 5.41) is 7.14. The molecule has 0 aliphatic carbocycles. The van der Waals surface area contributed by atoms with Crippen molar-refractivity contribution in [1.82, 2.24) is 9.78 Å².